The van der Waals surface area contributed by atoms with Crippen molar-refractivity contribution >= 4 is 22.6 Å². The number of ether oxygens (including phenoxy) is 3. The summed E-state index contributed by atoms with van der Waals surface area (Å²) in [6.45, 7) is 4.05. The highest BCUT2D eigenvalue weighted by Crippen LogP contribution is 2.41. The van der Waals surface area contributed by atoms with Crippen LogP contribution in [0.3, 0.4) is 0 Å². The number of fused-ring (bicyclic) bond motifs is 1. The Bertz CT molecular complexity index is 1090. The van der Waals surface area contributed by atoms with Crippen LogP contribution < -0.4 is 10.3 Å². The van der Waals surface area contributed by atoms with E-state index in [0.717, 1.165) is 18.9 Å². The maximum atomic E-state index is 15.8. The van der Waals surface area contributed by atoms with Gasteiger partial charge >= 0.3 is 5.97 Å². The minimum atomic E-state index is -0.988. The Morgan fingerprint density at radius 1 is 1.26 bits per heavy atom. The number of rotatable bonds is 6. The zero-order chi connectivity index (χ0) is 22.5. The summed E-state index contributed by atoms with van der Waals surface area (Å²) >= 11 is 0. The molecule has 2 fully saturated rings. The molecule has 9 heteroatoms. The lowest BCUT2D eigenvalue weighted by atomic mass is 10.1. The number of anilines is 1. The number of hydrogen-bond donors (Lipinski definition) is 0. The Labute approximate surface area is 178 Å². The first-order chi connectivity index (χ1) is 14.8. The standard InChI is InChI=1S/C22H26F2N2O5/c1-5-31-21(28)15-10-26(13-6-7-13)18-14(20(15)27)8-16(23)19(17(18)24)25-9-12(2)22(11-25,29-3)30-4/h8,10,12-13H,5-7,9,11H2,1-4H3. The molecule has 168 valence electrons. The number of halogens is 2. The van der Waals surface area contributed by atoms with Crippen molar-refractivity contribution in [2.45, 2.75) is 38.5 Å². The SMILES string of the molecule is CCOC(=O)c1cn(C2CC2)c2c(F)c(N3CC(C)C(OC)(OC)C3)c(F)cc2c1=O. The third-order valence-electron chi connectivity index (χ3n) is 6.28. The van der Waals surface area contributed by atoms with Crippen LogP contribution in [0.4, 0.5) is 14.5 Å². The number of hydrogen-bond acceptors (Lipinski definition) is 6. The summed E-state index contributed by atoms with van der Waals surface area (Å²) in [4.78, 5) is 26.7. The predicted molar refractivity (Wildman–Crippen MR) is 110 cm³/mol. The van der Waals surface area contributed by atoms with Crippen molar-refractivity contribution in [1.82, 2.24) is 4.57 Å². The van der Waals surface area contributed by atoms with E-state index in [9.17, 15) is 9.59 Å². The van der Waals surface area contributed by atoms with Gasteiger partial charge < -0.3 is 23.7 Å². The Morgan fingerprint density at radius 3 is 2.48 bits per heavy atom. The molecule has 0 spiro atoms. The summed E-state index contributed by atoms with van der Waals surface area (Å²) in [6.07, 6.45) is 2.90. The van der Waals surface area contributed by atoms with Crippen LogP contribution >= 0.6 is 0 Å². The van der Waals surface area contributed by atoms with Gasteiger partial charge in [-0.3, -0.25) is 4.79 Å². The number of carbonyl (C=O) groups is 1. The van der Waals surface area contributed by atoms with Gasteiger partial charge in [-0.05, 0) is 25.8 Å². The van der Waals surface area contributed by atoms with Crippen molar-refractivity contribution in [2.24, 2.45) is 5.92 Å². The van der Waals surface area contributed by atoms with E-state index in [-0.39, 0.29) is 47.3 Å². The van der Waals surface area contributed by atoms with Gasteiger partial charge in [0.25, 0.3) is 0 Å². The van der Waals surface area contributed by atoms with Crippen LogP contribution in [0.2, 0.25) is 0 Å². The van der Waals surface area contributed by atoms with Crippen molar-refractivity contribution < 1.29 is 27.8 Å². The van der Waals surface area contributed by atoms with Crippen LogP contribution in [0.25, 0.3) is 10.9 Å². The number of esters is 1. The molecule has 1 atom stereocenters. The zero-order valence-corrected chi connectivity index (χ0v) is 18.0. The first-order valence-corrected chi connectivity index (χ1v) is 10.4. The second-order valence-corrected chi connectivity index (χ2v) is 8.15. The van der Waals surface area contributed by atoms with Crippen molar-refractivity contribution in [3.63, 3.8) is 0 Å². The van der Waals surface area contributed by atoms with E-state index in [1.807, 2.05) is 6.92 Å². The van der Waals surface area contributed by atoms with Crippen LogP contribution in [0.1, 0.15) is 43.1 Å². The third-order valence-corrected chi connectivity index (χ3v) is 6.28. The summed E-state index contributed by atoms with van der Waals surface area (Å²) in [5.41, 5.74) is -1.20. The molecule has 2 aliphatic rings. The summed E-state index contributed by atoms with van der Waals surface area (Å²) in [5, 5.41) is -0.173. The lowest BCUT2D eigenvalue weighted by molar-refractivity contribution is -0.213. The molecular formula is C22H26F2N2O5. The normalized spacial score (nSPS) is 20.5. The van der Waals surface area contributed by atoms with Crippen molar-refractivity contribution in [3.05, 3.63) is 39.7 Å². The average Bonchev–Trinajstić information content (AvgIpc) is 3.52. The number of nitrogens with zero attached hydrogens (tertiary/aromatic N) is 2. The molecule has 1 aliphatic carbocycles. The van der Waals surface area contributed by atoms with Crippen LogP contribution in [0.15, 0.2) is 17.1 Å². The van der Waals surface area contributed by atoms with Crippen LogP contribution in [0, 0.1) is 17.6 Å². The number of aromatic nitrogens is 1. The molecule has 31 heavy (non-hydrogen) atoms. The quantitative estimate of drug-likeness (QED) is 0.512. The summed E-state index contributed by atoms with van der Waals surface area (Å²) in [5.74, 6) is -3.64. The average molecular weight is 436 g/mol. The first-order valence-electron chi connectivity index (χ1n) is 10.4. The van der Waals surface area contributed by atoms with Crippen LogP contribution in [-0.4, -0.2) is 50.2 Å². The van der Waals surface area contributed by atoms with Gasteiger partial charge in [-0.15, -0.1) is 0 Å². The molecule has 7 nitrogen and oxygen atoms in total. The number of benzene rings is 1. The topological polar surface area (TPSA) is 70.0 Å². The van der Waals surface area contributed by atoms with E-state index in [1.165, 1.54) is 20.4 Å². The summed E-state index contributed by atoms with van der Waals surface area (Å²) < 4.78 is 48.6. The zero-order valence-electron chi connectivity index (χ0n) is 18.0. The molecular weight excluding hydrogens is 410 g/mol. The van der Waals surface area contributed by atoms with E-state index >= 15 is 8.78 Å². The smallest absolute Gasteiger partial charge is 0.343 e. The van der Waals surface area contributed by atoms with Crippen molar-refractivity contribution in [2.75, 3.05) is 38.8 Å². The molecule has 0 amide bonds. The van der Waals surface area contributed by atoms with Gasteiger partial charge in [0, 0.05) is 38.9 Å². The minimum absolute atomic E-state index is 0.00284. The molecule has 0 bridgehead atoms. The number of carbonyl (C=O) groups excluding carboxylic acids is 1. The van der Waals surface area contributed by atoms with Gasteiger partial charge in [-0.25, -0.2) is 13.6 Å². The summed E-state index contributed by atoms with van der Waals surface area (Å²) in [6, 6.07) is 0.959. The van der Waals surface area contributed by atoms with E-state index in [4.69, 9.17) is 14.2 Å². The van der Waals surface area contributed by atoms with Gasteiger partial charge in [0.05, 0.1) is 24.1 Å². The molecule has 4 rings (SSSR count). The number of methoxy groups -OCH3 is 2. The molecule has 1 saturated carbocycles. The highest BCUT2D eigenvalue weighted by Gasteiger charge is 2.46. The molecule has 2 aromatic rings. The van der Waals surface area contributed by atoms with Gasteiger partial charge in [-0.2, -0.15) is 0 Å². The second-order valence-electron chi connectivity index (χ2n) is 8.15. The fraction of sp³-hybridized carbons (Fsp3) is 0.545. The Kier molecular flexibility index (Phi) is 5.51. The molecule has 1 aromatic heterocycles. The molecule has 1 aliphatic heterocycles. The monoisotopic (exact) mass is 436 g/mol. The van der Waals surface area contributed by atoms with E-state index in [0.29, 0.717) is 6.54 Å². The minimum Gasteiger partial charge on any atom is -0.462 e. The van der Waals surface area contributed by atoms with E-state index < -0.39 is 28.8 Å². The van der Waals surface area contributed by atoms with E-state index in [1.54, 1.807) is 16.4 Å². The van der Waals surface area contributed by atoms with Gasteiger partial charge in [0.2, 0.25) is 5.43 Å². The Hall–Kier alpha value is -2.52. The molecule has 0 N–H and O–H groups in total. The fourth-order valence-corrected chi connectivity index (χ4v) is 4.46. The summed E-state index contributed by atoms with van der Waals surface area (Å²) in [7, 11) is 3.00. The Balaban J connectivity index is 1.91. The third kappa shape index (κ3) is 3.40. The van der Waals surface area contributed by atoms with Gasteiger partial charge in [-0.1, -0.05) is 6.92 Å². The number of pyridine rings is 1. The molecule has 1 aromatic carbocycles. The first kappa shape index (κ1) is 21.7. The predicted octanol–water partition coefficient (Wildman–Crippen LogP) is 3.24. The van der Waals surface area contributed by atoms with Crippen molar-refractivity contribution in [3.8, 4) is 0 Å². The van der Waals surface area contributed by atoms with Gasteiger partial charge in [0.15, 0.2) is 11.6 Å². The lowest BCUT2D eigenvalue weighted by Crippen LogP contribution is -2.41. The maximum Gasteiger partial charge on any atom is 0.343 e. The highest BCUT2D eigenvalue weighted by molar-refractivity contribution is 5.95. The van der Waals surface area contributed by atoms with Crippen molar-refractivity contribution in [1.29, 1.82) is 0 Å². The maximum absolute atomic E-state index is 15.8. The lowest BCUT2D eigenvalue weighted by Gasteiger charge is -2.30. The molecule has 0 radical (unpaired) electrons. The van der Waals surface area contributed by atoms with Crippen LogP contribution in [-0.2, 0) is 14.2 Å². The van der Waals surface area contributed by atoms with E-state index in [2.05, 4.69) is 0 Å². The largest absolute Gasteiger partial charge is 0.462 e. The highest BCUT2D eigenvalue weighted by atomic mass is 19.1. The Morgan fingerprint density at radius 2 is 1.94 bits per heavy atom. The van der Waals surface area contributed by atoms with Gasteiger partial charge in [0.1, 0.15) is 17.1 Å². The molecule has 1 saturated heterocycles. The fourth-order valence-electron chi connectivity index (χ4n) is 4.46. The second kappa shape index (κ2) is 7.87. The molecule has 2 heterocycles. The van der Waals surface area contributed by atoms with Crippen LogP contribution in [0.5, 0.6) is 0 Å². The molecule has 1 unspecified atom stereocenters.